The van der Waals surface area contributed by atoms with Gasteiger partial charge in [0.2, 0.25) is 5.91 Å². The number of benzene rings is 2. The van der Waals surface area contributed by atoms with E-state index in [2.05, 4.69) is 15.0 Å². The van der Waals surface area contributed by atoms with E-state index in [1.54, 1.807) is 61.8 Å². The van der Waals surface area contributed by atoms with Crippen molar-refractivity contribution in [2.45, 2.75) is 12.5 Å². The number of fused-ring (bicyclic) bond motifs is 2. The average Bonchev–Trinajstić information content (AvgIpc) is 3.21. The molecule has 0 N–H and O–H groups in total. The predicted molar refractivity (Wildman–Crippen MR) is 114 cm³/mol. The van der Waals surface area contributed by atoms with Crippen molar-refractivity contribution >= 4 is 35.1 Å². The van der Waals surface area contributed by atoms with Crippen LogP contribution in [-0.2, 0) is 15.1 Å². The molecular formula is C23H15N5O3. The van der Waals surface area contributed by atoms with Crippen LogP contribution in [0.25, 0.3) is 22.3 Å². The van der Waals surface area contributed by atoms with Gasteiger partial charge in [-0.2, -0.15) is 0 Å². The van der Waals surface area contributed by atoms with Gasteiger partial charge < -0.3 is 4.74 Å². The molecule has 2 aromatic carbocycles. The van der Waals surface area contributed by atoms with Crippen molar-refractivity contribution < 1.29 is 14.3 Å². The Labute approximate surface area is 177 Å². The van der Waals surface area contributed by atoms with Crippen molar-refractivity contribution in [3.8, 4) is 0 Å². The van der Waals surface area contributed by atoms with Gasteiger partial charge in [-0.3, -0.25) is 14.7 Å². The summed E-state index contributed by atoms with van der Waals surface area (Å²) in [4.78, 5) is 34.0. The van der Waals surface area contributed by atoms with Gasteiger partial charge in [-0.15, -0.1) is 0 Å². The second-order valence-corrected chi connectivity index (χ2v) is 7.34. The molecule has 0 bridgehead atoms. The molecule has 2 aliphatic rings. The lowest BCUT2D eigenvalue weighted by Crippen LogP contribution is -2.33. The Morgan fingerprint density at radius 3 is 2.65 bits per heavy atom. The smallest absolute Gasteiger partial charge is 0.344 e. The minimum Gasteiger partial charge on any atom is -0.422 e. The lowest BCUT2D eigenvalue weighted by atomic mass is 9.95. The summed E-state index contributed by atoms with van der Waals surface area (Å²) >= 11 is 0. The predicted octanol–water partition coefficient (Wildman–Crippen LogP) is 4.95. The lowest BCUT2D eigenvalue weighted by molar-refractivity contribution is -0.121. The van der Waals surface area contributed by atoms with Crippen LogP contribution in [0.5, 0.6) is 0 Å². The molecule has 0 spiro atoms. The second-order valence-electron chi connectivity index (χ2n) is 7.34. The Balaban J connectivity index is 1.59. The van der Waals surface area contributed by atoms with Crippen molar-refractivity contribution in [3.05, 3.63) is 99.7 Å². The number of esters is 1. The first-order valence-corrected chi connectivity index (χ1v) is 9.51. The molecule has 1 amide bonds. The van der Waals surface area contributed by atoms with Crippen LogP contribution in [-0.4, -0.2) is 16.9 Å². The Hall–Kier alpha value is -4.42. The average molecular weight is 409 g/mol. The van der Waals surface area contributed by atoms with Crippen LogP contribution in [0.15, 0.2) is 72.1 Å². The minimum absolute atomic E-state index is 0.365. The molecule has 8 heteroatoms. The summed E-state index contributed by atoms with van der Waals surface area (Å²) in [5.41, 5.74) is 11.3. The number of aromatic nitrogens is 1. The molecule has 0 radical (unpaired) electrons. The van der Waals surface area contributed by atoms with Gasteiger partial charge in [-0.25, -0.2) is 4.79 Å². The zero-order valence-electron chi connectivity index (χ0n) is 16.4. The van der Waals surface area contributed by atoms with Gasteiger partial charge >= 0.3 is 5.97 Å². The molecule has 1 aromatic heterocycles. The number of pyridine rings is 1. The molecule has 0 saturated heterocycles. The first-order chi connectivity index (χ1) is 15.0. The van der Waals surface area contributed by atoms with Crippen LogP contribution < -0.4 is 4.90 Å². The number of azide groups is 1. The number of ether oxygens (including phenoxy) is 1. The second kappa shape index (κ2) is 6.83. The van der Waals surface area contributed by atoms with E-state index >= 15 is 0 Å². The molecule has 0 fully saturated rings. The van der Waals surface area contributed by atoms with Crippen molar-refractivity contribution in [2.24, 2.45) is 5.11 Å². The van der Waals surface area contributed by atoms with E-state index in [-0.39, 0.29) is 5.91 Å². The Bertz CT molecular complexity index is 1340. The first-order valence-electron chi connectivity index (χ1n) is 9.51. The number of amides is 1. The number of carbonyl (C=O) groups excluding carboxylic acids is 2. The van der Waals surface area contributed by atoms with Gasteiger partial charge in [0.15, 0.2) is 5.54 Å². The highest BCUT2D eigenvalue weighted by Gasteiger charge is 2.47. The zero-order chi connectivity index (χ0) is 21.6. The maximum atomic E-state index is 13.3. The number of hydrogen-bond donors (Lipinski definition) is 0. The monoisotopic (exact) mass is 409 g/mol. The number of cyclic esters (lactones) is 1. The lowest BCUT2D eigenvalue weighted by Gasteiger charge is -2.20. The largest absolute Gasteiger partial charge is 0.422 e. The third kappa shape index (κ3) is 2.78. The fourth-order valence-corrected chi connectivity index (χ4v) is 3.96. The molecule has 0 aliphatic carbocycles. The summed E-state index contributed by atoms with van der Waals surface area (Å²) in [5, 5.41) is 3.79. The van der Waals surface area contributed by atoms with E-state index in [9.17, 15) is 9.59 Å². The topological polar surface area (TPSA) is 108 Å². The molecule has 3 heterocycles. The molecule has 2 aliphatic heterocycles. The number of para-hydroxylation sites is 1. The summed E-state index contributed by atoms with van der Waals surface area (Å²) in [7, 11) is 0. The number of rotatable bonds is 3. The van der Waals surface area contributed by atoms with Crippen molar-refractivity contribution in [1.82, 2.24) is 4.98 Å². The van der Waals surface area contributed by atoms with Crippen molar-refractivity contribution in [1.29, 1.82) is 0 Å². The number of carbonyl (C=O) groups is 2. The number of nitrogens with zero attached hydrogens (tertiary/aromatic N) is 5. The quantitative estimate of drug-likeness (QED) is 0.264. The highest BCUT2D eigenvalue weighted by molar-refractivity contribution is 6.12. The molecule has 150 valence electrons. The maximum Gasteiger partial charge on any atom is 0.344 e. The van der Waals surface area contributed by atoms with Gasteiger partial charge in [-0.1, -0.05) is 41.5 Å². The van der Waals surface area contributed by atoms with E-state index < -0.39 is 11.5 Å². The Kier molecular flexibility index (Phi) is 4.10. The summed E-state index contributed by atoms with van der Waals surface area (Å²) in [6.45, 7) is 1.60. The number of hydrogen-bond acceptors (Lipinski definition) is 5. The van der Waals surface area contributed by atoms with Gasteiger partial charge in [0, 0.05) is 16.7 Å². The SMILES string of the molecule is CC1(N=[N+]=[N-])C(=O)N(c2cncc(/C=C3\OC(=O)c4ccccc43)c2)c2ccccc21. The number of anilines is 2. The summed E-state index contributed by atoms with van der Waals surface area (Å²) in [6, 6.07) is 16.1. The van der Waals surface area contributed by atoms with Crippen LogP contribution in [0.2, 0.25) is 0 Å². The van der Waals surface area contributed by atoms with Gasteiger partial charge in [0.05, 0.1) is 23.1 Å². The fourth-order valence-electron chi connectivity index (χ4n) is 3.96. The first kappa shape index (κ1) is 18.6. The van der Waals surface area contributed by atoms with Gasteiger partial charge in [0.1, 0.15) is 5.76 Å². The summed E-state index contributed by atoms with van der Waals surface area (Å²) in [6.07, 6.45) is 4.89. The van der Waals surface area contributed by atoms with Crippen LogP contribution in [0, 0.1) is 0 Å². The summed E-state index contributed by atoms with van der Waals surface area (Å²) < 4.78 is 5.40. The normalized spacial score (nSPS) is 20.3. The standard InChI is InChI=1S/C23H15N5O3/c1-23(26-27-24)18-8-4-5-9-19(18)28(22(23)30)15-10-14(12-25-13-15)11-20-16-6-2-3-7-17(16)21(29)31-20/h2-13H,1H3/b20-11-. The highest BCUT2D eigenvalue weighted by Crippen LogP contribution is 2.46. The molecule has 5 rings (SSSR count). The molecule has 1 unspecified atom stereocenters. The van der Waals surface area contributed by atoms with Crippen LogP contribution in [0.1, 0.15) is 34.0 Å². The van der Waals surface area contributed by atoms with Crippen molar-refractivity contribution in [2.75, 3.05) is 4.90 Å². The molecule has 3 aromatic rings. The third-order valence-electron chi connectivity index (χ3n) is 5.45. The van der Waals surface area contributed by atoms with Crippen molar-refractivity contribution in [3.63, 3.8) is 0 Å². The van der Waals surface area contributed by atoms with E-state index in [1.807, 2.05) is 18.2 Å². The third-order valence-corrected chi connectivity index (χ3v) is 5.45. The zero-order valence-corrected chi connectivity index (χ0v) is 16.4. The molecule has 8 nitrogen and oxygen atoms in total. The highest BCUT2D eigenvalue weighted by atomic mass is 16.5. The van der Waals surface area contributed by atoms with E-state index in [0.717, 1.165) is 0 Å². The van der Waals surface area contributed by atoms with Crippen LogP contribution in [0.4, 0.5) is 11.4 Å². The Morgan fingerprint density at radius 2 is 1.84 bits per heavy atom. The molecular weight excluding hydrogens is 394 g/mol. The van der Waals surface area contributed by atoms with Crippen LogP contribution >= 0.6 is 0 Å². The van der Waals surface area contributed by atoms with E-state index in [0.29, 0.717) is 39.4 Å². The van der Waals surface area contributed by atoms with E-state index in [4.69, 9.17) is 10.3 Å². The van der Waals surface area contributed by atoms with Gasteiger partial charge in [0.25, 0.3) is 0 Å². The summed E-state index contributed by atoms with van der Waals surface area (Å²) in [5.74, 6) is -0.345. The van der Waals surface area contributed by atoms with Gasteiger partial charge in [-0.05, 0) is 47.9 Å². The van der Waals surface area contributed by atoms with E-state index in [1.165, 1.54) is 4.90 Å². The molecule has 31 heavy (non-hydrogen) atoms. The molecule has 0 saturated carbocycles. The van der Waals surface area contributed by atoms with Crippen LogP contribution in [0.3, 0.4) is 0 Å². The minimum atomic E-state index is -1.35. The maximum absolute atomic E-state index is 13.3. The molecule has 1 atom stereocenters. The fraction of sp³-hybridized carbons (Fsp3) is 0.0870. The Morgan fingerprint density at radius 1 is 1.10 bits per heavy atom.